The average molecular weight is 348 g/mol. The molecule has 0 N–H and O–H groups in total. The van der Waals surface area contributed by atoms with Crippen LogP contribution in [0.4, 0.5) is 0 Å². The second-order valence-corrected chi connectivity index (χ2v) is 7.35. The van der Waals surface area contributed by atoms with Crippen LogP contribution < -0.4 is 4.57 Å². The minimum Gasteiger partial charge on any atom is -0.316 e. The van der Waals surface area contributed by atoms with Gasteiger partial charge in [-0.1, -0.05) is 60.7 Å². The van der Waals surface area contributed by atoms with Gasteiger partial charge < -0.3 is 4.48 Å². The number of likely N-dealkylation sites (tertiary alicyclic amines) is 1. The van der Waals surface area contributed by atoms with E-state index in [-0.39, 0.29) is 10.5 Å². The number of benzene rings is 2. The van der Waals surface area contributed by atoms with Crippen molar-refractivity contribution in [1.29, 1.82) is 0 Å². The highest BCUT2D eigenvalue weighted by Gasteiger charge is 2.40. The van der Waals surface area contributed by atoms with Gasteiger partial charge in [-0.15, -0.1) is 0 Å². The quantitative estimate of drug-likeness (QED) is 0.472. The van der Waals surface area contributed by atoms with Gasteiger partial charge in [-0.05, 0) is 6.07 Å². The maximum Gasteiger partial charge on any atom is 0.178 e. The van der Waals surface area contributed by atoms with Crippen LogP contribution in [0.15, 0.2) is 85.2 Å². The molecule has 2 atom stereocenters. The van der Waals surface area contributed by atoms with E-state index in [1.807, 2.05) is 54.6 Å². The molecule has 0 saturated carbocycles. The van der Waals surface area contributed by atoms with Crippen molar-refractivity contribution in [1.82, 2.24) is 0 Å². The number of quaternary nitrogens is 1. The van der Waals surface area contributed by atoms with Gasteiger partial charge in [0.1, 0.15) is 12.6 Å². The molecule has 1 saturated heterocycles. The van der Waals surface area contributed by atoms with Gasteiger partial charge in [0.2, 0.25) is 0 Å². The van der Waals surface area contributed by atoms with Gasteiger partial charge in [0, 0.05) is 30.0 Å². The number of hydrogen-bond acceptors (Lipinski definition) is 0. The Hall–Kier alpha value is -2.45. The zero-order valence-electron chi connectivity index (χ0n) is 18.1. The molecule has 0 spiro atoms. The number of hydrogen-bond donors (Lipinski definition) is 0. The monoisotopic (exact) mass is 347 g/mol. The van der Waals surface area contributed by atoms with Gasteiger partial charge in [-0.2, -0.15) is 0 Å². The van der Waals surface area contributed by atoms with Gasteiger partial charge in [0.25, 0.3) is 0 Å². The number of aromatic nitrogens is 1. The highest BCUT2D eigenvalue weighted by atomic mass is 15.4. The molecule has 1 aromatic heterocycles. The lowest BCUT2D eigenvalue weighted by atomic mass is 10.0. The topological polar surface area (TPSA) is 3.88 Å². The Bertz CT molecular complexity index is 941. The molecule has 2 aromatic carbocycles. The van der Waals surface area contributed by atoms with Crippen molar-refractivity contribution in [3.05, 3.63) is 102 Å². The molecule has 2 nitrogen and oxygen atoms in total. The third-order valence-electron chi connectivity index (χ3n) is 5.41. The van der Waals surface area contributed by atoms with E-state index in [0.717, 1.165) is 30.5 Å². The summed E-state index contributed by atoms with van der Waals surface area (Å²) in [4.78, 5) is 0. The summed E-state index contributed by atoms with van der Waals surface area (Å²) < 4.78 is 27.6. The van der Waals surface area contributed by atoms with E-state index >= 15 is 0 Å². The maximum atomic E-state index is 8.44. The lowest BCUT2D eigenvalue weighted by Crippen LogP contribution is -2.43. The van der Waals surface area contributed by atoms with E-state index in [4.69, 9.17) is 4.11 Å². The predicted octanol–water partition coefficient (Wildman–Crippen LogP) is 4.50. The molecule has 4 rings (SSSR count). The van der Waals surface area contributed by atoms with Crippen molar-refractivity contribution in [3.63, 3.8) is 0 Å². The predicted molar refractivity (Wildman–Crippen MR) is 105 cm³/mol. The molecule has 2 heterocycles. The molecule has 1 aliphatic rings. The fourth-order valence-electron chi connectivity index (χ4n) is 4.15. The van der Waals surface area contributed by atoms with Crippen LogP contribution in [0.5, 0.6) is 0 Å². The van der Waals surface area contributed by atoms with Crippen molar-refractivity contribution in [2.75, 3.05) is 13.5 Å². The molecule has 26 heavy (non-hydrogen) atoms. The molecule has 1 aliphatic heterocycles. The van der Waals surface area contributed by atoms with Crippen LogP contribution >= 0.6 is 0 Å². The fourth-order valence-corrected chi connectivity index (χ4v) is 4.15. The van der Waals surface area contributed by atoms with Crippen molar-refractivity contribution < 1.29 is 13.2 Å². The SMILES string of the molecule is [2H]C([2H])([2H])[N+]1(Cc2ccccc2)CCC[C@H]1c1ccc[n+](Cc2ccccc2)c1. The van der Waals surface area contributed by atoms with Crippen LogP contribution in [0.25, 0.3) is 0 Å². The number of nitrogens with zero attached hydrogens (tertiary/aromatic N) is 2. The first kappa shape index (κ1) is 13.7. The minimum absolute atomic E-state index is 0.0223. The summed E-state index contributed by atoms with van der Waals surface area (Å²) in [5.41, 5.74) is 3.44. The Morgan fingerprint density at radius 1 is 0.962 bits per heavy atom. The highest BCUT2D eigenvalue weighted by Crippen LogP contribution is 2.38. The molecule has 1 fully saturated rings. The van der Waals surface area contributed by atoms with Crippen molar-refractivity contribution in [3.8, 4) is 0 Å². The lowest BCUT2D eigenvalue weighted by molar-refractivity contribution is -0.940. The first-order valence-electron chi connectivity index (χ1n) is 10.9. The molecule has 0 radical (unpaired) electrons. The van der Waals surface area contributed by atoms with E-state index in [9.17, 15) is 0 Å². The van der Waals surface area contributed by atoms with E-state index in [1.165, 1.54) is 5.56 Å². The fraction of sp³-hybridized carbons (Fsp3) is 0.292. The van der Waals surface area contributed by atoms with Crippen LogP contribution in [0, 0.1) is 0 Å². The largest absolute Gasteiger partial charge is 0.316 e. The summed E-state index contributed by atoms with van der Waals surface area (Å²) in [6, 6.07) is 24.5. The molecule has 3 aromatic rings. The van der Waals surface area contributed by atoms with Crippen LogP contribution in [0.3, 0.4) is 0 Å². The number of rotatable bonds is 5. The normalized spacial score (nSPS) is 24.6. The van der Waals surface area contributed by atoms with E-state index < -0.39 is 6.98 Å². The molecule has 0 amide bonds. The Balaban J connectivity index is 1.68. The second kappa shape index (κ2) is 7.43. The first-order valence-corrected chi connectivity index (χ1v) is 9.42. The maximum absolute atomic E-state index is 8.44. The third kappa shape index (κ3) is 3.71. The van der Waals surface area contributed by atoms with Crippen LogP contribution in [0.2, 0.25) is 0 Å². The van der Waals surface area contributed by atoms with Crippen LogP contribution in [-0.4, -0.2) is 18.0 Å². The molecule has 2 heteroatoms. The van der Waals surface area contributed by atoms with Gasteiger partial charge in [-0.3, -0.25) is 0 Å². The zero-order valence-corrected chi connectivity index (χ0v) is 15.1. The Labute approximate surface area is 161 Å². The summed E-state index contributed by atoms with van der Waals surface area (Å²) >= 11 is 0. The Morgan fingerprint density at radius 2 is 1.69 bits per heavy atom. The van der Waals surface area contributed by atoms with Gasteiger partial charge in [0.15, 0.2) is 18.9 Å². The van der Waals surface area contributed by atoms with Gasteiger partial charge in [0.05, 0.1) is 23.2 Å². The molecule has 132 valence electrons. The van der Waals surface area contributed by atoms with Gasteiger partial charge in [-0.25, -0.2) is 4.57 Å². The standard InChI is InChI=1S/C24H28N2/c1-26(20-22-12-6-3-7-13-22)17-9-15-24(26)23-14-8-16-25(19-23)18-21-10-4-2-5-11-21/h2-8,10-14,16,19,24H,9,15,17-18,20H2,1H3/q+2/t24-,26?/m0/s1/i1D3. The molecular formula is C24H28N2+2. The Kier molecular flexibility index (Phi) is 3.92. The number of pyridine rings is 1. The zero-order chi connectivity index (χ0) is 20.3. The highest BCUT2D eigenvalue weighted by molar-refractivity contribution is 5.16. The summed E-state index contributed by atoms with van der Waals surface area (Å²) in [6.45, 7) is -0.0514. The molecular weight excluding hydrogens is 316 g/mol. The summed E-state index contributed by atoms with van der Waals surface area (Å²) in [6.07, 6.45) is 6.05. The molecule has 0 aliphatic carbocycles. The first-order chi connectivity index (χ1) is 14.0. The van der Waals surface area contributed by atoms with Crippen molar-refractivity contribution in [2.24, 2.45) is 0 Å². The third-order valence-corrected chi connectivity index (χ3v) is 5.41. The van der Waals surface area contributed by atoms with Crippen LogP contribution in [0.1, 0.15) is 39.7 Å². The van der Waals surface area contributed by atoms with E-state index in [2.05, 4.69) is 35.2 Å². The second-order valence-electron chi connectivity index (χ2n) is 7.35. The summed E-state index contributed by atoms with van der Waals surface area (Å²) in [5.74, 6) is 0. The Morgan fingerprint density at radius 3 is 2.42 bits per heavy atom. The van der Waals surface area contributed by atoms with Crippen LogP contribution in [-0.2, 0) is 13.1 Å². The average Bonchev–Trinajstić information content (AvgIpc) is 3.15. The summed E-state index contributed by atoms with van der Waals surface area (Å²) in [7, 11) is 0. The molecule has 0 bridgehead atoms. The minimum atomic E-state index is -2.06. The van der Waals surface area contributed by atoms with E-state index in [0.29, 0.717) is 13.1 Å². The van der Waals surface area contributed by atoms with Crippen molar-refractivity contribution >= 4 is 0 Å². The lowest BCUT2D eigenvalue weighted by Gasteiger charge is -2.36. The van der Waals surface area contributed by atoms with Crippen molar-refractivity contribution in [2.45, 2.75) is 32.0 Å². The van der Waals surface area contributed by atoms with Gasteiger partial charge >= 0.3 is 0 Å². The molecule has 1 unspecified atom stereocenters. The summed E-state index contributed by atoms with van der Waals surface area (Å²) in [5, 5.41) is 0. The van der Waals surface area contributed by atoms with E-state index in [1.54, 1.807) is 0 Å². The smallest absolute Gasteiger partial charge is 0.178 e.